The number of fused-ring (bicyclic) bond motifs is 1. The summed E-state index contributed by atoms with van der Waals surface area (Å²) in [5.74, 6) is 2.15. The van der Waals surface area contributed by atoms with Crippen LogP contribution in [0.5, 0.6) is 0 Å². The van der Waals surface area contributed by atoms with E-state index in [4.69, 9.17) is 0 Å². The zero-order valence-electron chi connectivity index (χ0n) is 12.7. The maximum Gasteiger partial charge on any atom is 0.0110 e. The van der Waals surface area contributed by atoms with Crippen molar-refractivity contribution >= 4 is 0 Å². The minimum atomic E-state index is 0.831. The van der Waals surface area contributed by atoms with E-state index < -0.39 is 0 Å². The van der Waals surface area contributed by atoms with Crippen LogP contribution in [0.4, 0.5) is 0 Å². The van der Waals surface area contributed by atoms with Crippen LogP contribution in [0.3, 0.4) is 0 Å². The number of hydrogen-bond acceptors (Lipinski definition) is 2. The summed E-state index contributed by atoms with van der Waals surface area (Å²) in [6, 6.07) is 1.76. The Balaban J connectivity index is 1.36. The predicted octanol–water partition coefficient (Wildman–Crippen LogP) is 3.42. The molecule has 19 heavy (non-hydrogen) atoms. The molecule has 0 radical (unpaired) electrons. The third-order valence-corrected chi connectivity index (χ3v) is 5.84. The van der Waals surface area contributed by atoms with Gasteiger partial charge in [0.05, 0.1) is 0 Å². The number of nitrogens with one attached hydrogen (secondary N) is 1. The Morgan fingerprint density at radius 3 is 2.47 bits per heavy atom. The Morgan fingerprint density at radius 1 is 0.947 bits per heavy atom. The Bertz CT molecular complexity index is 274. The number of likely N-dealkylation sites (N-methyl/N-ethyl adjacent to an activating group) is 1. The van der Waals surface area contributed by atoms with Crippen molar-refractivity contribution < 1.29 is 0 Å². The van der Waals surface area contributed by atoms with Gasteiger partial charge in [0.15, 0.2) is 0 Å². The van der Waals surface area contributed by atoms with Gasteiger partial charge in [-0.15, -0.1) is 0 Å². The molecule has 3 saturated carbocycles. The van der Waals surface area contributed by atoms with Gasteiger partial charge in [-0.25, -0.2) is 0 Å². The average Bonchev–Trinajstić information content (AvgIpc) is 3.28. The molecule has 0 aromatic carbocycles. The van der Waals surface area contributed by atoms with Gasteiger partial charge in [-0.1, -0.05) is 32.6 Å². The predicted molar refractivity (Wildman–Crippen MR) is 81.4 cm³/mol. The number of nitrogens with zero attached hydrogens (tertiary/aromatic N) is 1. The van der Waals surface area contributed by atoms with Crippen LogP contribution in [-0.4, -0.2) is 36.6 Å². The molecule has 1 N–H and O–H groups in total. The van der Waals surface area contributed by atoms with Gasteiger partial charge in [0, 0.05) is 25.2 Å². The van der Waals surface area contributed by atoms with Crippen LogP contribution < -0.4 is 5.32 Å². The van der Waals surface area contributed by atoms with E-state index >= 15 is 0 Å². The Labute approximate surface area is 119 Å². The van der Waals surface area contributed by atoms with Crippen LogP contribution in [0.15, 0.2) is 0 Å². The van der Waals surface area contributed by atoms with Crippen LogP contribution in [0.25, 0.3) is 0 Å². The van der Waals surface area contributed by atoms with E-state index in [9.17, 15) is 0 Å². The van der Waals surface area contributed by atoms with Crippen molar-refractivity contribution in [2.45, 2.75) is 76.8 Å². The monoisotopic (exact) mass is 264 g/mol. The van der Waals surface area contributed by atoms with E-state index in [-0.39, 0.29) is 0 Å². The molecule has 0 saturated heterocycles. The first-order chi connectivity index (χ1) is 9.36. The second kappa shape index (κ2) is 6.58. The molecule has 3 unspecified atom stereocenters. The summed E-state index contributed by atoms with van der Waals surface area (Å²) in [4.78, 5) is 2.67. The molecule has 3 aliphatic rings. The topological polar surface area (TPSA) is 15.3 Å². The average molecular weight is 264 g/mol. The molecular weight excluding hydrogens is 232 g/mol. The minimum Gasteiger partial charge on any atom is -0.313 e. The fraction of sp³-hybridized carbons (Fsp3) is 1.00. The SMILES string of the molecule is CCN(CCNC1CCC2CCCCC2C1)C1CC1. The van der Waals surface area contributed by atoms with Crippen molar-refractivity contribution in [1.82, 2.24) is 10.2 Å². The maximum atomic E-state index is 3.86. The first-order valence-electron chi connectivity index (χ1n) is 8.84. The highest BCUT2D eigenvalue weighted by Crippen LogP contribution is 2.40. The van der Waals surface area contributed by atoms with Gasteiger partial charge in [0.25, 0.3) is 0 Å². The second-order valence-corrected chi connectivity index (χ2v) is 7.13. The first-order valence-corrected chi connectivity index (χ1v) is 8.84. The summed E-state index contributed by atoms with van der Waals surface area (Å²) in [5.41, 5.74) is 0. The van der Waals surface area contributed by atoms with Crippen LogP contribution in [0.1, 0.15) is 64.7 Å². The van der Waals surface area contributed by atoms with E-state index in [1.54, 1.807) is 0 Å². The van der Waals surface area contributed by atoms with Gasteiger partial charge >= 0.3 is 0 Å². The standard InChI is InChI=1S/C17H32N2/c1-2-19(17-9-10-17)12-11-18-16-8-7-14-5-3-4-6-15(14)13-16/h14-18H,2-13H2,1H3. The summed E-state index contributed by atoms with van der Waals surface area (Å²) >= 11 is 0. The summed E-state index contributed by atoms with van der Waals surface area (Å²) < 4.78 is 0. The van der Waals surface area contributed by atoms with E-state index in [0.29, 0.717) is 0 Å². The van der Waals surface area contributed by atoms with E-state index in [2.05, 4.69) is 17.1 Å². The smallest absolute Gasteiger partial charge is 0.0110 e. The van der Waals surface area contributed by atoms with Crippen molar-refractivity contribution in [3.05, 3.63) is 0 Å². The Hall–Kier alpha value is -0.0800. The summed E-state index contributed by atoms with van der Waals surface area (Å²) in [7, 11) is 0. The van der Waals surface area contributed by atoms with Crippen LogP contribution in [0.2, 0.25) is 0 Å². The highest BCUT2D eigenvalue weighted by atomic mass is 15.2. The number of hydrogen-bond donors (Lipinski definition) is 1. The molecule has 0 aliphatic heterocycles. The van der Waals surface area contributed by atoms with Gasteiger partial charge in [-0.05, 0) is 50.5 Å². The Morgan fingerprint density at radius 2 is 1.74 bits per heavy atom. The molecule has 0 amide bonds. The molecule has 3 aliphatic carbocycles. The molecule has 3 rings (SSSR count). The summed E-state index contributed by atoms with van der Waals surface area (Å²) in [6.45, 7) is 6.03. The molecule has 0 bridgehead atoms. The van der Waals surface area contributed by atoms with Crippen molar-refractivity contribution in [2.75, 3.05) is 19.6 Å². The normalized spacial score (nSPS) is 35.4. The second-order valence-electron chi connectivity index (χ2n) is 7.13. The number of rotatable bonds is 6. The molecule has 2 heteroatoms. The molecule has 2 nitrogen and oxygen atoms in total. The van der Waals surface area contributed by atoms with Gasteiger partial charge in [0.1, 0.15) is 0 Å². The lowest BCUT2D eigenvalue weighted by Gasteiger charge is -2.39. The largest absolute Gasteiger partial charge is 0.313 e. The van der Waals surface area contributed by atoms with Gasteiger partial charge in [-0.2, -0.15) is 0 Å². The fourth-order valence-electron chi connectivity index (χ4n) is 4.51. The third kappa shape index (κ3) is 3.72. The van der Waals surface area contributed by atoms with Crippen molar-refractivity contribution in [3.8, 4) is 0 Å². The lowest BCUT2D eigenvalue weighted by atomic mass is 9.69. The van der Waals surface area contributed by atoms with Crippen molar-refractivity contribution in [1.29, 1.82) is 0 Å². The molecule has 0 aromatic heterocycles. The molecule has 110 valence electrons. The maximum absolute atomic E-state index is 3.86. The fourth-order valence-corrected chi connectivity index (χ4v) is 4.51. The molecule has 3 atom stereocenters. The van der Waals surface area contributed by atoms with E-state index in [1.807, 2.05) is 0 Å². The van der Waals surface area contributed by atoms with Crippen LogP contribution in [0, 0.1) is 11.8 Å². The zero-order chi connectivity index (χ0) is 13.1. The van der Waals surface area contributed by atoms with Crippen molar-refractivity contribution in [2.24, 2.45) is 11.8 Å². The highest BCUT2D eigenvalue weighted by molar-refractivity contribution is 4.87. The molecule has 0 heterocycles. The summed E-state index contributed by atoms with van der Waals surface area (Å²) in [6.07, 6.45) is 13.4. The van der Waals surface area contributed by atoms with Crippen LogP contribution in [-0.2, 0) is 0 Å². The van der Waals surface area contributed by atoms with Crippen molar-refractivity contribution in [3.63, 3.8) is 0 Å². The molecule has 0 aromatic rings. The van der Waals surface area contributed by atoms with Gasteiger partial charge in [-0.3, -0.25) is 4.90 Å². The Kier molecular flexibility index (Phi) is 4.81. The lowest BCUT2D eigenvalue weighted by molar-refractivity contribution is 0.141. The van der Waals surface area contributed by atoms with E-state index in [0.717, 1.165) is 23.9 Å². The molecule has 3 fully saturated rings. The molecule has 0 spiro atoms. The molecular formula is C17H32N2. The zero-order valence-corrected chi connectivity index (χ0v) is 12.7. The summed E-state index contributed by atoms with van der Waals surface area (Å²) in [5, 5.41) is 3.86. The van der Waals surface area contributed by atoms with Crippen LogP contribution >= 0.6 is 0 Å². The lowest BCUT2D eigenvalue weighted by Crippen LogP contribution is -2.42. The third-order valence-electron chi connectivity index (χ3n) is 5.84. The first kappa shape index (κ1) is 13.9. The highest BCUT2D eigenvalue weighted by Gasteiger charge is 2.32. The minimum absolute atomic E-state index is 0.831. The quantitative estimate of drug-likeness (QED) is 0.791. The van der Waals surface area contributed by atoms with Gasteiger partial charge < -0.3 is 5.32 Å². The van der Waals surface area contributed by atoms with Gasteiger partial charge in [0.2, 0.25) is 0 Å². The van der Waals surface area contributed by atoms with E-state index in [1.165, 1.54) is 77.4 Å².